The first kappa shape index (κ1) is 13.1. The Balaban J connectivity index is 2.37. The summed E-state index contributed by atoms with van der Waals surface area (Å²) in [6.07, 6.45) is 0. The van der Waals surface area contributed by atoms with Crippen LogP contribution in [-0.2, 0) is 4.79 Å². The molecule has 0 fully saturated rings. The lowest BCUT2D eigenvalue weighted by molar-refractivity contribution is -0.123. The average molecular weight is 262 g/mol. The first-order chi connectivity index (χ1) is 7.61. The molecule has 1 aromatic carbocycles. The maximum Gasteiger partial charge on any atom is 0.258 e. The van der Waals surface area contributed by atoms with Gasteiger partial charge in [-0.15, -0.1) is 11.6 Å². The van der Waals surface area contributed by atoms with E-state index in [0.29, 0.717) is 16.7 Å². The molecule has 0 bridgehead atoms. The fourth-order valence-corrected chi connectivity index (χ4v) is 1.32. The van der Waals surface area contributed by atoms with Gasteiger partial charge in [-0.3, -0.25) is 4.79 Å². The SMILES string of the molecule is CC(CCl)NC(=O)COc1cccc(Cl)c1. The maximum absolute atomic E-state index is 11.3. The number of carbonyl (C=O) groups excluding carboxylic acids is 1. The highest BCUT2D eigenvalue weighted by molar-refractivity contribution is 6.30. The van der Waals surface area contributed by atoms with E-state index >= 15 is 0 Å². The second-order valence-corrected chi connectivity index (χ2v) is 4.11. The second kappa shape index (κ2) is 6.61. The van der Waals surface area contributed by atoms with Crippen LogP contribution in [0, 0.1) is 0 Å². The molecule has 1 amide bonds. The van der Waals surface area contributed by atoms with Gasteiger partial charge in [0.25, 0.3) is 5.91 Å². The second-order valence-electron chi connectivity index (χ2n) is 3.37. The Kier molecular flexibility index (Phi) is 5.43. The number of carbonyl (C=O) groups is 1. The number of hydrogen-bond donors (Lipinski definition) is 1. The van der Waals surface area contributed by atoms with E-state index < -0.39 is 0 Å². The molecule has 88 valence electrons. The Hall–Kier alpha value is -0.930. The molecule has 3 nitrogen and oxygen atoms in total. The van der Waals surface area contributed by atoms with Crippen LogP contribution in [0.25, 0.3) is 0 Å². The van der Waals surface area contributed by atoms with Crippen molar-refractivity contribution in [2.75, 3.05) is 12.5 Å². The van der Waals surface area contributed by atoms with Crippen molar-refractivity contribution in [1.82, 2.24) is 5.32 Å². The summed E-state index contributed by atoms with van der Waals surface area (Å²) >= 11 is 11.3. The molecule has 1 atom stereocenters. The lowest BCUT2D eigenvalue weighted by Crippen LogP contribution is -2.37. The van der Waals surface area contributed by atoms with Gasteiger partial charge in [0.15, 0.2) is 6.61 Å². The number of amides is 1. The van der Waals surface area contributed by atoms with Gasteiger partial charge in [-0.05, 0) is 25.1 Å². The van der Waals surface area contributed by atoms with Crippen LogP contribution in [0.4, 0.5) is 0 Å². The van der Waals surface area contributed by atoms with E-state index in [1.165, 1.54) is 0 Å². The van der Waals surface area contributed by atoms with Crippen LogP contribution >= 0.6 is 23.2 Å². The Morgan fingerprint density at radius 2 is 2.31 bits per heavy atom. The number of nitrogens with one attached hydrogen (secondary N) is 1. The van der Waals surface area contributed by atoms with E-state index in [0.717, 1.165) is 0 Å². The molecule has 1 aromatic rings. The molecule has 16 heavy (non-hydrogen) atoms. The summed E-state index contributed by atoms with van der Waals surface area (Å²) in [5.74, 6) is 0.748. The minimum absolute atomic E-state index is 0.0401. The number of halogens is 2. The summed E-state index contributed by atoms with van der Waals surface area (Å²) in [7, 11) is 0. The van der Waals surface area contributed by atoms with E-state index in [2.05, 4.69) is 5.32 Å². The molecule has 0 radical (unpaired) electrons. The van der Waals surface area contributed by atoms with Gasteiger partial charge in [-0.25, -0.2) is 0 Å². The molecule has 0 saturated heterocycles. The van der Waals surface area contributed by atoms with Crippen molar-refractivity contribution in [3.05, 3.63) is 29.3 Å². The minimum atomic E-state index is -0.201. The smallest absolute Gasteiger partial charge is 0.258 e. The molecular weight excluding hydrogens is 249 g/mol. The van der Waals surface area contributed by atoms with Gasteiger partial charge in [0, 0.05) is 16.9 Å². The number of alkyl halides is 1. The van der Waals surface area contributed by atoms with Crippen LogP contribution in [0.1, 0.15) is 6.92 Å². The number of rotatable bonds is 5. The topological polar surface area (TPSA) is 38.3 Å². The highest BCUT2D eigenvalue weighted by Gasteiger charge is 2.06. The first-order valence-corrected chi connectivity index (χ1v) is 5.76. The Morgan fingerprint density at radius 3 is 2.94 bits per heavy atom. The standard InChI is InChI=1S/C11H13Cl2NO2/c1-8(6-12)14-11(15)7-16-10-4-2-3-9(13)5-10/h2-5,8H,6-7H2,1H3,(H,14,15). The predicted octanol–water partition coefficient (Wildman–Crippen LogP) is 2.46. The normalized spacial score (nSPS) is 11.9. The van der Waals surface area contributed by atoms with Crippen molar-refractivity contribution in [3.8, 4) is 5.75 Å². The molecule has 1 rings (SSSR count). The minimum Gasteiger partial charge on any atom is -0.484 e. The van der Waals surface area contributed by atoms with E-state index in [-0.39, 0.29) is 18.6 Å². The van der Waals surface area contributed by atoms with Crippen molar-refractivity contribution in [2.24, 2.45) is 0 Å². The molecule has 1 unspecified atom stereocenters. The van der Waals surface area contributed by atoms with Gasteiger partial charge in [0.2, 0.25) is 0 Å². The predicted molar refractivity (Wildman–Crippen MR) is 65.3 cm³/mol. The van der Waals surface area contributed by atoms with Crippen molar-refractivity contribution in [3.63, 3.8) is 0 Å². The summed E-state index contributed by atoms with van der Waals surface area (Å²) in [4.78, 5) is 11.3. The molecule has 1 N–H and O–H groups in total. The first-order valence-electron chi connectivity index (χ1n) is 4.85. The van der Waals surface area contributed by atoms with Crippen LogP contribution < -0.4 is 10.1 Å². The molecule has 0 aromatic heterocycles. The van der Waals surface area contributed by atoms with Crippen LogP contribution in [0.15, 0.2) is 24.3 Å². The van der Waals surface area contributed by atoms with Crippen LogP contribution in [0.5, 0.6) is 5.75 Å². The highest BCUT2D eigenvalue weighted by atomic mass is 35.5. The third-order valence-electron chi connectivity index (χ3n) is 1.80. The van der Waals surface area contributed by atoms with Gasteiger partial charge in [0.1, 0.15) is 5.75 Å². The fourth-order valence-electron chi connectivity index (χ4n) is 1.06. The third kappa shape index (κ3) is 4.73. The molecule has 0 aliphatic rings. The third-order valence-corrected chi connectivity index (χ3v) is 2.50. The summed E-state index contributed by atoms with van der Waals surface area (Å²) < 4.78 is 5.25. The zero-order valence-corrected chi connectivity index (χ0v) is 10.4. The molecule has 0 heterocycles. The summed E-state index contributed by atoms with van der Waals surface area (Å²) in [5.41, 5.74) is 0. The molecule has 0 spiro atoms. The lowest BCUT2D eigenvalue weighted by Gasteiger charge is -2.11. The van der Waals surface area contributed by atoms with Crippen LogP contribution in [0.3, 0.4) is 0 Å². The number of benzene rings is 1. The summed E-state index contributed by atoms with van der Waals surface area (Å²) in [6.45, 7) is 1.78. The van der Waals surface area contributed by atoms with Crippen molar-refractivity contribution >= 4 is 29.1 Å². The number of ether oxygens (including phenoxy) is 1. The molecule has 0 aliphatic carbocycles. The van der Waals surface area contributed by atoms with E-state index in [4.69, 9.17) is 27.9 Å². The van der Waals surface area contributed by atoms with Gasteiger partial charge in [0.05, 0.1) is 0 Å². The largest absolute Gasteiger partial charge is 0.484 e. The van der Waals surface area contributed by atoms with E-state index in [1.54, 1.807) is 24.3 Å². The molecule has 0 aliphatic heterocycles. The van der Waals surface area contributed by atoms with Crippen molar-refractivity contribution < 1.29 is 9.53 Å². The Labute approximate surface area is 105 Å². The summed E-state index contributed by atoms with van der Waals surface area (Å²) in [5, 5.41) is 3.26. The van der Waals surface area contributed by atoms with E-state index in [1.807, 2.05) is 6.92 Å². The van der Waals surface area contributed by atoms with Crippen molar-refractivity contribution in [1.29, 1.82) is 0 Å². The van der Waals surface area contributed by atoms with Crippen LogP contribution in [0.2, 0.25) is 5.02 Å². The van der Waals surface area contributed by atoms with Gasteiger partial charge < -0.3 is 10.1 Å². The Bertz CT molecular complexity index is 358. The van der Waals surface area contributed by atoms with Crippen LogP contribution in [-0.4, -0.2) is 24.4 Å². The van der Waals surface area contributed by atoms with E-state index in [9.17, 15) is 4.79 Å². The fraction of sp³-hybridized carbons (Fsp3) is 0.364. The summed E-state index contributed by atoms with van der Waals surface area (Å²) in [6, 6.07) is 6.84. The monoisotopic (exact) mass is 261 g/mol. The number of hydrogen-bond acceptors (Lipinski definition) is 2. The molecule has 5 heteroatoms. The molecular formula is C11H13Cl2NO2. The van der Waals surface area contributed by atoms with Gasteiger partial charge in [-0.1, -0.05) is 17.7 Å². The average Bonchev–Trinajstić information content (AvgIpc) is 2.26. The molecule has 0 saturated carbocycles. The maximum atomic E-state index is 11.3. The van der Waals surface area contributed by atoms with Gasteiger partial charge >= 0.3 is 0 Å². The zero-order valence-electron chi connectivity index (χ0n) is 8.87. The highest BCUT2D eigenvalue weighted by Crippen LogP contribution is 2.16. The quantitative estimate of drug-likeness (QED) is 0.828. The zero-order chi connectivity index (χ0) is 12.0. The Morgan fingerprint density at radius 1 is 1.56 bits per heavy atom. The van der Waals surface area contributed by atoms with Crippen molar-refractivity contribution in [2.45, 2.75) is 13.0 Å². The lowest BCUT2D eigenvalue weighted by atomic mass is 10.3. The van der Waals surface area contributed by atoms with Gasteiger partial charge in [-0.2, -0.15) is 0 Å².